The summed E-state index contributed by atoms with van der Waals surface area (Å²) in [6.07, 6.45) is 0. The topological polar surface area (TPSA) is 72.5 Å². The van der Waals surface area contributed by atoms with Crippen LogP contribution in [-0.2, 0) is 14.9 Å². The van der Waals surface area contributed by atoms with Crippen LogP contribution in [0.4, 0.5) is 10.1 Å². The maximum atomic E-state index is 12.9. The summed E-state index contributed by atoms with van der Waals surface area (Å²) < 4.78 is 42.0. The molecule has 0 fully saturated rings. The van der Waals surface area contributed by atoms with Gasteiger partial charge >= 0.3 is 10.1 Å². The van der Waals surface area contributed by atoms with Gasteiger partial charge in [0.2, 0.25) is 5.91 Å². The van der Waals surface area contributed by atoms with Crippen molar-refractivity contribution in [3.05, 3.63) is 53.3 Å². The maximum absolute atomic E-state index is 12.9. The van der Waals surface area contributed by atoms with Gasteiger partial charge in [0.05, 0.1) is 5.02 Å². The molecular weight excluding hydrogens is 333 g/mol. The van der Waals surface area contributed by atoms with E-state index in [0.717, 1.165) is 18.2 Å². The Morgan fingerprint density at radius 2 is 1.82 bits per heavy atom. The van der Waals surface area contributed by atoms with Gasteiger partial charge in [-0.3, -0.25) is 4.79 Å². The summed E-state index contributed by atoms with van der Waals surface area (Å²) in [4.78, 5) is 10.8. The first-order valence-electron chi connectivity index (χ1n) is 6.05. The van der Waals surface area contributed by atoms with Crippen molar-refractivity contribution in [3.63, 3.8) is 0 Å². The highest BCUT2D eigenvalue weighted by Gasteiger charge is 2.18. The Hall–Kier alpha value is -2.12. The number of carbonyl (C=O) groups excluding carboxylic acids is 1. The zero-order valence-electron chi connectivity index (χ0n) is 11.3. The molecule has 116 valence electrons. The molecule has 0 unspecified atom stereocenters. The van der Waals surface area contributed by atoms with Gasteiger partial charge in [-0.15, -0.1) is 0 Å². The van der Waals surface area contributed by atoms with Gasteiger partial charge in [0.25, 0.3) is 0 Å². The van der Waals surface area contributed by atoms with E-state index >= 15 is 0 Å². The molecule has 0 radical (unpaired) electrons. The lowest BCUT2D eigenvalue weighted by Gasteiger charge is -2.09. The Morgan fingerprint density at radius 1 is 1.18 bits per heavy atom. The summed E-state index contributed by atoms with van der Waals surface area (Å²) in [5.41, 5.74) is 0.450. The first kappa shape index (κ1) is 16.3. The summed E-state index contributed by atoms with van der Waals surface area (Å²) >= 11 is 5.73. The molecule has 2 aromatic carbocycles. The smallest absolute Gasteiger partial charge is 0.339 e. The highest BCUT2D eigenvalue weighted by atomic mass is 35.5. The second kappa shape index (κ2) is 6.33. The summed E-state index contributed by atoms with van der Waals surface area (Å²) in [6, 6.07) is 8.51. The number of rotatable bonds is 4. The zero-order chi connectivity index (χ0) is 16.3. The quantitative estimate of drug-likeness (QED) is 0.865. The van der Waals surface area contributed by atoms with Gasteiger partial charge in [0.1, 0.15) is 10.7 Å². The average Bonchev–Trinajstić information content (AvgIpc) is 2.42. The van der Waals surface area contributed by atoms with E-state index in [1.807, 2.05) is 0 Å². The summed E-state index contributed by atoms with van der Waals surface area (Å²) in [5, 5.41) is 2.36. The number of hydrogen-bond donors (Lipinski definition) is 1. The molecule has 0 atom stereocenters. The van der Waals surface area contributed by atoms with Crippen molar-refractivity contribution in [2.24, 2.45) is 0 Å². The van der Waals surface area contributed by atoms with Crippen molar-refractivity contribution in [2.45, 2.75) is 11.8 Å². The molecular formula is C14H11ClFNO4S. The van der Waals surface area contributed by atoms with E-state index in [0.29, 0.717) is 5.69 Å². The number of nitrogens with one attached hydrogen (secondary N) is 1. The van der Waals surface area contributed by atoms with Crippen LogP contribution in [0.5, 0.6) is 5.75 Å². The Bertz CT molecular complexity index is 806. The van der Waals surface area contributed by atoms with Crippen molar-refractivity contribution < 1.29 is 21.8 Å². The van der Waals surface area contributed by atoms with Gasteiger partial charge in [-0.05, 0) is 42.5 Å². The van der Waals surface area contributed by atoms with Crippen LogP contribution in [0, 0.1) is 5.82 Å². The lowest BCUT2D eigenvalue weighted by Crippen LogP contribution is -2.11. The molecule has 0 aliphatic heterocycles. The van der Waals surface area contributed by atoms with Gasteiger partial charge in [-0.1, -0.05) is 11.6 Å². The highest BCUT2D eigenvalue weighted by molar-refractivity contribution is 7.87. The Kier molecular flexibility index (Phi) is 4.68. The summed E-state index contributed by atoms with van der Waals surface area (Å²) in [5.74, 6) is -1.05. The fraction of sp³-hybridized carbons (Fsp3) is 0.0714. The number of halogens is 2. The van der Waals surface area contributed by atoms with Crippen LogP contribution in [0.3, 0.4) is 0 Å². The minimum absolute atomic E-state index is 0.123. The first-order chi connectivity index (χ1) is 10.3. The molecule has 1 amide bonds. The van der Waals surface area contributed by atoms with Crippen LogP contribution in [0.15, 0.2) is 47.4 Å². The van der Waals surface area contributed by atoms with Gasteiger partial charge < -0.3 is 9.50 Å². The second-order valence-corrected chi connectivity index (χ2v) is 6.27. The van der Waals surface area contributed by atoms with E-state index in [1.54, 1.807) is 0 Å². The molecule has 0 aliphatic carbocycles. The third kappa shape index (κ3) is 3.96. The largest absolute Gasteiger partial charge is 0.377 e. The maximum Gasteiger partial charge on any atom is 0.339 e. The molecule has 0 aliphatic rings. The number of hydrogen-bond acceptors (Lipinski definition) is 4. The Morgan fingerprint density at radius 3 is 2.36 bits per heavy atom. The summed E-state index contributed by atoms with van der Waals surface area (Å²) in [6.45, 7) is 1.34. The minimum atomic E-state index is -4.11. The first-order valence-corrected chi connectivity index (χ1v) is 7.84. The normalized spacial score (nSPS) is 11.0. The van der Waals surface area contributed by atoms with E-state index in [2.05, 4.69) is 5.32 Å². The van der Waals surface area contributed by atoms with E-state index in [4.69, 9.17) is 15.8 Å². The Labute approximate surface area is 131 Å². The zero-order valence-corrected chi connectivity index (χ0v) is 12.9. The molecule has 0 bridgehead atoms. The van der Waals surface area contributed by atoms with Crippen LogP contribution in [0.25, 0.3) is 0 Å². The molecule has 8 heteroatoms. The summed E-state index contributed by atoms with van der Waals surface area (Å²) in [7, 11) is -4.11. The third-order valence-electron chi connectivity index (χ3n) is 2.56. The van der Waals surface area contributed by atoms with Gasteiger partial charge in [-0.2, -0.15) is 8.42 Å². The lowest BCUT2D eigenvalue weighted by atomic mass is 10.3. The van der Waals surface area contributed by atoms with Crippen LogP contribution < -0.4 is 9.50 Å². The van der Waals surface area contributed by atoms with Crippen LogP contribution in [-0.4, -0.2) is 14.3 Å². The van der Waals surface area contributed by atoms with Crippen LogP contribution in [0.1, 0.15) is 6.92 Å². The number of anilines is 1. The van der Waals surface area contributed by atoms with Crippen molar-refractivity contribution in [2.75, 3.05) is 5.32 Å². The van der Waals surface area contributed by atoms with Gasteiger partial charge in [-0.25, -0.2) is 4.39 Å². The molecule has 5 nitrogen and oxygen atoms in total. The molecule has 1 N–H and O–H groups in total. The molecule has 0 spiro atoms. The molecule has 2 aromatic rings. The number of benzene rings is 2. The predicted molar refractivity (Wildman–Crippen MR) is 80.0 cm³/mol. The minimum Gasteiger partial charge on any atom is -0.377 e. The van der Waals surface area contributed by atoms with Crippen molar-refractivity contribution >= 4 is 33.3 Å². The molecule has 0 saturated carbocycles. The van der Waals surface area contributed by atoms with Crippen molar-refractivity contribution in [1.29, 1.82) is 0 Å². The Balaban J connectivity index is 2.24. The highest BCUT2D eigenvalue weighted by Crippen LogP contribution is 2.28. The second-order valence-electron chi connectivity index (χ2n) is 4.32. The lowest BCUT2D eigenvalue weighted by molar-refractivity contribution is -0.114. The van der Waals surface area contributed by atoms with Crippen molar-refractivity contribution in [1.82, 2.24) is 0 Å². The molecule has 0 heterocycles. The SMILES string of the molecule is CC(=O)Nc1ccc(S(=O)(=O)Oc2ccc(F)cc2Cl)cc1. The van der Waals surface area contributed by atoms with Gasteiger partial charge in [0.15, 0.2) is 5.75 Å². The van der Waals surface area contributed by atoms with Crippen LogP contribution in [0.2, 0.25) is 5.02 Å². The van der Waals surface area contributed by atoms with Gasteiger partial charge in [0, 0.05) is 12.6 Å². The molecule has 0 saturated heterocycles. The monoisotopic (exact) mass is 343 g/mol. The average molecular weight is 344 g/mol. The fourth-order valence-electron chi connectivity index (χ4n) is 1.62. The molecule has 0 aromatic heterocycles. The van der Waals surface area contributed by atoms with E-state index < -0.39 is 15.9 Å². The standard InChI is InChI=1S/C14H11ClFNO4S/c1-9(18)17-11-3-5-12(6-4-11)22(19,20)21-14-7-2-10(16)8-13(14)15/h2-8H,1H3,(H,17,18). The molecule has 2 rings (SSSR count). The number of carbonyl (C=O) groups is 1. The fourth-order valence-corrected chi connectivity index (χ4v) is 2.82. The van der Waals surface area contributed by atoms with E-state index in [-0.39, 0.29) is 21.6 Å². The van der Waals surface area contributed by atoms with Crippen molar-refractivity contribution in [3.8, 4) is 5.75 Å². The third-order valence-corrected chi connectivity index (χ3v) is 4.10. The predicted octanol–water partition coefficient (Wildman–Crippen LogP) is 3.21. The van der Waals surface area contributed by atoms with E-state index in [1.165, 1.54) is 31.2 Å². The number of amides is 1. The van der Waals surface area contributed by atoms with E-state index in [9.17, 15) is 17.6 Å². The van der Waals surface area contributed by atoms with Crippen LogP contribution >= 0.6 is 11.6 Å². The molecule has 22 heavy (non-hydrogen) atoms.